The molecule has 1 fully saturated rings. The molecule has 1 aliphatic rings. The Morgan fingerprint density at radius 1 is 1.19 bits per heavy atom. The van der Waals surface area contributed by atoms with Gasteiger partial charge in [-0.1, -0.05) is 19.8 Å². The number of rotatable bonds is 6. The van der Waals surface area contributed by atoms with E-state index in [9.17, 15) is 10.2 Å². The van der Waals surface area contributed by atoms with Crippen LogP contribution in [0.25, 0.3) is 0 Å². The maximum Gasteiger partial charge on any atom is 0.124 e. The zero-order chi connectivity index (χ0) is 15.4. The zero-order valence-corrected chi connectivity index (χ0v) is 13.6. The van der Waals surface area contributed by atoms with Crippen molar-refractivity contribution in [2.24, 2.45) is 0 Å². The van der Waals surface area contributed by atoms with Crippen LogP contribution in [0.5, 0.6) is 11.5 Å². The lowest BCUT2D eigenvalue weighted by Gasteiger charge is -2.29. The number of nitrogens with zero attached hydrogens (tertiary/aromatic N) is 1. The average molecular weight is 291 g/mol. The molecule has 0 bridgehead atoms. The maximum atomic E-state index is 10.4. The number of aromatic hydroxyl groups is 2. The first-order valence-corrected chi connectivity index (χ1v) is 8.35. The molecule has 1 heterocycles. The third-order valence-electron chi connectivity index (χ3n) is 4.56. The molecule has 1 saturated heterocycles. The van der Waals surface area contributed by atoms with Crippen molar-refractivity contribution in [3.05, 3.63) is 23.3 Å². The van der Waals surface area contributed by atoms with Gasteiger partial charge in [0.15, 0.2) is 0 Å². The van der Waals surface area contributed by atoms with E-state index in [0.29, 0.717) is 6.04 Å². The molecule has 3 nitrogen and oxygen atoms in total. The monoisotopic (exact) mass is 291 g/mol. The van der Waals surface area contributed by atoms with Gasteiger partial charge >= 0.3 is 0 Å². The lowest BCUT2D eigenvalue weighted by Crippen LogP contribution is -2.30. The number of phenolic OH excluding ortho intramolecular Hbond substituents is 2. The second-order valence-electron chi connectivity index (χ2n) is 6.49. The molecule has 118 valence electrons. The Kier molecular flexibility index (Phi) is 5.51. The highest BCUT2D eigenvalue weighted by atomic mass is 16.3. The first-order chi connectivity index (χ1) is 10.0. The highest BCUT2D eigenvalue weighted by molar-refractivity contribution is 5.49. The second kappa shape index (κ2) is 7.17. The summed E-state index contributed by atoms with van der Waals surface area (Å²) in [7, 11) is 0. The van der Waals surface area contributed by atoms with Crippen LogP contribution in [0.15, 0.2) is 12.1 Å². The standard InChI is InChI=1S/C18H29NO2/c1-4-5-6-8-14-11-16(20)18(17(21)12-14)15-9-7-10-19(15)13(2)3/h11-13,15,20-21H,4-10H2,1-3H3. The van der Waals surface area contributed by atoms with Crippen LogP contribution in [0.3, 0.4) is 0 Å². The van der Waals surface area contributed by atoms with Gasteiger partial charge in [0.1, 0.15) is 11.5 Å². The largest absolute Gasteiger partial charge is 0.507 e. The summed E-state index contributed by atoms with van der Waals surface area (Å²) in [5.74, 6) is 0.526. The fourth-order valence-corrected chi connectivity index (χ4v) is 3.46. The van der Waals surface area contributed by atoms with Crippen LogP contribution >= 0.6 is 0 Å². The molecule has 1 aromatic carbocycles. The van der Waals surface area contributed by atoms with Gasteiger partial charge in [-0.3, -0.25) is 4.90 Å². The van der Waals surface area contributed by atoms with Gasteiger partial charge < -0.3 is 10.2 Å². The molecule has 2 N–H and O–H groups in total. The Balaban J connectivity index is 2.20. The Labute approximate surface area is 128 Å². The quantitative estimate of drug-likeness (QED) is 0.765. The summed E-state index contributed by atoms with van der Waals surface area (Å²) in [6, 6.07) is 4.28. The number of hydrogen-bond acceptors (Lipinski definition) is 3. The number of hydrogen-bond donors (Lipinski definition) is 2. The van der Waals surface area contributed by atoms with Crippen molar-refractivity contribution >= 4 is 0 Å². The van der Waals surface area contributed by atoms with Crippen LogP contribution in [0.2, 0.25) is 0 Å². The number of unbranched alkanes of at least 4 members (excludes halogenated alkanes) is 2. The highest BCUT2D eigenvalue weighted by Crippen LogP contribution is 2.43. The van der Waals surface area contributed by atoms with E-state index in [1.165, 1.54) is 12.8 Å². The maximum absolute atomic E-state index is 10.4. The lowest BCUT2D eigenvalue weighted by atomic mass is 9.97. The SMILES string of the molecule is CCCCCc1cc(O)c(C2CCCN2C(C)C)c(O)c1. The molecular formula is C18H29NO2. The Hall–Kier alpha value is -1.22. The summed E-state index contributed by atoms with van der Waals surface area (Å²) >= 11 is 0. The molecule has 3 heteroatoms. The minimum Gasteiger partial charge on any atom is -0.507 e. The third kappa shape index (κ3) is 3.70. The van der Waals surface area contributed by atoms with E-state index >= 15 is 0 Å². The summed E-state index contributed by atoms with van der Waals surface area (Å²) in [6.45, 7) is 7.56. The van der Waals surface area contributed by atoms with Crippen LogP contribution in [-0.2, 0) is 6.42 Å². The molecule has 1 aliphatic heterocycles. The smallest absolute Gasteiger partial charge is 0.124 e. The van der Waals surface area contributed by atoms with Crippen molar-refractivity contribution in [2.75, 3.05) is 6.54 Å². The number of likely N-dealkylation sites (tertiary alicyclic amines) is 1. The third-order valence-corrected chi connectivity index (χ3v) is 4.56. The molecule has 0 spiro atoms. The van der Waals surface area contributed by atoms with Crippen molar-refractivity contribution in [1.29, 1.82) is 0 Å². The van der Waals surface area contributed by atoms with E-state index in [2.05, 4.69) is 25.7 Å². The van der Waals surface area contributed by atoms with Crippen LogP contribution in [0.4, 0.5) is 0 Å². The molecule has 1 atom stereocenters. The Morgan fingerprint density at radius 3 is 2.43 bits per heavy atom. The van der Waals surface area contributed by atoms with E-state index in [0.717, 1.165) is 43.4 Å². The molecule has 0 aliphatic carbocycles. The van der Waals surface area contributed by atoms with Crippen molar-refractivity contribution in [1.82, 2.24) is 4.90 Å². The molecule has 0 radical (unpaired) electrons. The minimum absolute atomic E-state index is 0.148. The molecule has 0 saturated carbocycles. The highest BCUT2D eigenvalue weighted by Gasteiger charge is 2.31. The van der Waals surface area contributed by atoms with Gasteiger partial charge in [-0.25, -0.2) is 0 Å². The predicted octanol–water partition coefficient (Wildman–Crippen LogP) is 4.38. The van der Waals surface area contributed by atoms with Gasteiger partial charge in [0.2, 0.25) is 0 Å². The Morgan fingerprint density at radius 2 is 1.86 bits per heavy atom. The van der Waals surface area contributed by atoms with Crippen LogP contribution < -0.4 is 0 Å². The second-order valence-corrected chi connectivity index (χ2v) is 6.49. The number of aryl methyl sites for hydroxylation is 1. The molecule has 2 rings (SSSR count). The minimum atomic E-state index is 0.148. The fourth-order valence-electron chi connectivity index (χ4n) is 3.46. The van der Waals surface area contributed by atoms with Crippen molar-refractivity contribution in [2.45, 2.75) is 71.4 Å². The van der Waals surface area contributed by atoms with Gasteiger partial charge in [-0.15, -0.1) is 0 Å². The average Bonchev–Trinajstić information content (AvgIpc) is 2.87. The first kappa shape index (κ1) is 16.2. The van der Waals surface area contributed by atoms with Gasteiger partial charge in [-0.2, -0.15) is 0 Å². The fraction of sp³-hybridized carbons (Fsp3) is 0.667. The molecule has 0 aromatic heterocycles. The van der Waals surface area contributed by atoms with E-state index in [4.69, 9.17) is 0 Å². The topological polar surface area (TPSA) is 43.7 Å². The zero-order valence-electron chi connectivity index (χ0n) is 13.6. The van der Waals surface area contributed by atoms with Gasteiger partial charge in [0.25, 0.3) is 0 Å². The van der Waals surface area contributed by atoms with E-state index < -0.39 is 0 Å². The summed E-state index contributed by atoms with van der Waals surface area (Å²) in [5.41, 5.74) is 1.76. The predicted molar refractivity (Wildman–Crippen MR) is 86.8 cm³/mol. The Bertz CT molecular complexity index is 447. The summed E-state index contributed by atoms with van der Waals surface area (Å²) in [6.07, 6.45) is 6.53. The van der Waals surface area contributed by atoms with Gasteiger partial charge in [0, 0.05) is 12.1 Å². The summed E-state index contributed by atoms with van der Waals surface area (Å²) in [5, 5.41) is 20.8. The van der Waals surface area contributed by atoms with Crippen molar-refractivity contribution in [3.63, 3.8) is 0 Å². The van der Waals surface area contributed by atoms with Gasteiger partial charge in [0.05, 0.1) is 5.56 Å². The van der Waals surface area contributed by atoms with Gasteiger partial charge in [-0.05, 0) is 63.8 Å². The molecule has 1 unspecified atom stereocenters. The van der Waals surface area contributed by atoms with Crippen LogP contribution in [-0.4, -0.2) is 27.7 Å². The summed E-state index contributed by atoms with van der Waals surface area (Å²) < 4.78 is 0. The molecule has 0 amide bonds. The van der Waals surface area contributed by atoms with Crippen molar-refractivity contribution < 1.29 is 10.2 Å². The number of phenols is 2. The van der Waals surface area contributed by atoms with Crippen LogP contribution in [0.1, 0.15) is 70.0 Å². The first-order valence-electron chi connectivity index (χ1n) is 8.35. The molecule has 1 aromatic rings. The number of benzene rings is 1. The van der Waals surface area contributed by atoms with E-state index in [-0.39, 0.29) is 17.5 Å². The van der Waals surface area contributed by atoms with Crippen LogP contribution in [0, 0.1) is 0 Å². The molecular weight excluding hydrogens is 262 g/mol. The lowest BCUT2D eigenvalue weighted by molar-refractivity contribution is 0.199. The van der Waals surface area contributed by atoms with E-state index in [1.54, 1.807) is 0 Å². The summed E-state index contributed by atoms with van der Waals surface area (Å²) in [4.78, 5) is 2.37. The van der Waals surface area contributed by atoms with Crippen molar-refractivity contribution in [3.8, 4) is 11.5 Å². The normalized spacial score (nSPS) is 19.5. The van der Waals surface area contributed by atoms with E-state index in [1.807, 2.05) is 12.1 Å². The molecule has 21 heavy (non-hydrogen) atoms.